The van der Waals surface area contributed by atoms with Gasteiger partial charge in [-0.1, -0.05) is 44.2 Å². The minimum atomic E-state index is -0.913. The van der Waals surface area contributed by atoms with Crippen LogP contribution in [0.2, 0.25) is 0 Å². The summed E-state index contributed by atoms with van der Waals surface area (Å²) in [5.74, 6) is -0.502. The molecule has 1 aromatic carbocycles. The zero-order valence-corrected chi connectivity index (χ0v) is 16.8. The van der Waals surface area contributed by atoms with E-state index in [0.717, 1.165) is 5.56 Å². The van der Waals surface area contributed by atoms with Gasteiger partial charge in [0.1, 0.15) is 11.7 Å². The third-order valence-corrected chi connectivity index (χ3v) is 5.35. The van der Waals surface area contributed by atoms with Crippen molar-refractivity contribution >= 4 is 5.97 Å². The van der Waals surface area contributed by atoms with Gasteiger partial charge in [-0.2, -0.15) is 0 Å². The standard InChI is InChI=1S/C21H26N2O6/c1-4-21(5-2)18(27-13-15-9-7-6-8-10-15)17(28-14(3)24)19(29-21)23-12-11-16(25)22-20(23)26/h6-12,17-19H,4-5,13H2,1-3H3,(H,22,25,26)/t17?,18-,19-/m1/s1. The van der Waals surface area contributed by atoms with Gasteiger partial charge in [-0.25, -0.2) is 4.79 Å². The number of aromatic nitrogens is 2. The van der Waals surface area contributed by atoms with Crippen LogP contribution in [-0.2, 0) is 25.6 Å². The van der Waals surface area contributed by atoms with E-state index >= 15 is 0 Å². The summed E-state index contributed by atoms with van der Waals surface area (Å²) in [7, 11) is 0. The van der Waals surface area contributed by atoms with Gasteiger partial charge in [0.2, 0.25) is 0 Å². The number of hydrogen-bond acceptors (Lipinski definition) is 6. The summed E-state index contributed by atoms with van der Waals surface area (Å²) in [6.07, 6.45) is 0.178. The molecule has 0 radical (unpaired) electrons. The van der Waals surface area contributed by atoms with E-state index in [2.05, 4.69) is 4.98 Å². The van der Waals surface area contributed by atoms with Crippen molar-refractivity contribution in [3.05, 3.63) is 69.0 Å². The number of nitrogens with one attached hydrogen (secondary N) is 1. The lowest BCUT2D eigenvalue weighted by atomic mass is 9.89. The zero-order chi connectivity index (χ0) is 21.0. The van der Waals surface area contributed by atoms with Gasteiger partial charge in [0.25, 0.3) is 5.56 Å². The van der Waals surface area contributed by atoms with E-state index in [1.807, 2.05) is 44.2 Å². The molecule has 1 aromatic heterocycles. The third-order valence-electron chi connectivity index (χ3n) is 5.35. The Kier molecular flexibility index (Phi) is 6.34. The van der Waals surface area contributed by atoms with Gasteiger partial charge in [-0.05, 0) is 18.4 Å². The number of carbonyl (C=O) groups is 1. The summed E-state index contributed by atoms with van der Waals surface area (Å²) in [4.78, 5) is 37.9. The molecule has 3 rings (SSSR count). The molecule has 1 fully saturated rings. The molecule has 8 heteroatoms. The molecule has 0 amide bonds. The van der Waals surface area contributed by atoms with Crippen molar-refractivity contribution < 1.29 is 19.0 Å². The monoisotopic (exact) mass is 402 g/mol. The highest BCUT2D eigenvalue weighted by Crippen LogP contribution is 2.44. The summed E-state index contributed by atoms with van der Waals surface area (Å²) in [5, 5.41) is 0. The van der Waals surface area contributed by atoms with Crippen LogP contribution in [0.4, 0.5) is 0 Å². The van der Waals surface area contributed by atoms with E-state index in [-0.39, 0.29) is 0 Å². The van der Waals surface area contributed by atoms with Crippen molar-refractivity contribution in [1.29, 1.82) is 0 Å². The highest BCUT2D eigenvalue weighted by Gasteiger charge is 2.56. The molecule has 1 aliphatic rings. The van der Waals surface area contributed by atoms with Crippen LogP contribution in [0.25, 0.3) is 0 Å². The molecule has 2 heterocycles. The predicted molar refractivity (Wildman–Crippen MR) is 105 cm³/mol. The first-order valence-corrected chi connectivity index (χ1v) is 9.72. The van der Waals surface area contributed by atoms with E-state index in [1.165, 1.54) is 23.8 Å². The number of hydrogen-bond donors (Lipinski definition) is 1. The Morgan fingerprint density at radius 1 is 1.17 bits per heavy atom. The molecule has 1 aliphatic heterocycles. The SMILES string of the molecule is CCC1(CC)O[C@@H](n2ccc(=O)[nH]c2=O)C(OC(C)=O)[C@H]1OCc1ccccc1. The molecular weight excluding hydrogens is 376 g/mol. The highest BCUT2D eigenvalue weighted by molar-refractivity contribution is 5.66. The smallest absolute Gasteiger partial charge is 0.330 e. The molecule has 3 atom stereocenters. The van der Waals surface area contributed by atoms with Gasteiger partial charge in [-0.3, -0.25) is 19.1 Å². The fraction of sp³-hybridized carbons (Fsp3) is 0.476. The Labute approximate surface area is 168 Å². The van der Waals surface area contributed by atoms with Crippen LogP contribution in [0.3, 0.4) is 0 Å². The van der Waals surface area contributed by atoms with E-state index in [4.69, 9.17) is 14.2 Å². The van der Waals surface area contributed by atoms with E-state index in [1.54, 1.807) is 0 Å². The summed E-state index contributed by atoms with van der Waals surface area (Å²) in [6, 6.07) is 10.9. The quantitative estimate of drug-likeness (QED) is 0.713. The Hall–Kier alpha value is -2.71. The molecule has 0 bridgehead atoms. The number of ether oxygens (including phenoxy) is 3. The van der Waals surface area contributed by atoms with Crippen LogP contribution in [0.1, 0.15) is 45.4 Å². The number of benzene rings is 1. The van der Waals surface area contributed by atoms with Crippen LogP contribution in [-0.4, -0.2) is 33.3 Å². The zero-order valence-electron chi connectivity index (χ0n) is 16.8. The highest BCUT2D eigenvalue weighted by atomic mass is 16.6. The first-order valence-electron chi connectivity index (χ1n) is 9.72. The maximum atomic E-state index is 12.4. The van der Waals surface area contributed by atoms with Gasteiger partial charge in [0.05, 0.1) is 6.61 Å². The molecule has 0 saturated carbocycles. The van der Waals surface area contributed by atoms with Crippen molar-refractivity contribution in [3.8, 4) is 0 Å². The van der Waals surface area contributed by atoms with Gasteiger partial charge in [0, 0.05) is 19.2 Å². The third kappa shape index (κ3) is 4.33. The maximum absolute atomic E-state index is 12.4. The van der Waals surface area contributed by atoms with Crippen molar-refractivity contribution in [2.24, 2.45) is 0 Å². The molecule has 0 spiro atoms. The fourth-order valence-corrected chi connectivity index (χ4v) is 3.80. The van der Waals surface area contributed by atoms with E-state index in [0.29, 0.717) is 19.4 Å². The minimum Gasteiger partial charge on any atom is -0.455 e. The Morgan fingerprint density at radius 2 is 1.86 bits per heavy atom. The van der Waals surface area contributed by atoms with Gasteiger partial charge < -0.3 is 14.2 Å². The van der Waals surface area contributed by atoms with Crippen molar-refractivity contribution in [3.63, 3.8) is 0 Å². The fourth-order valence-electron chi connectivity index (χ4n) is 3.80. The second kappa shape index (κ2) is 8.75. The first-order chi connectivity index (χ1) is 13.9. The van der Waals surface area contributed by atoms with Crippen LogP contribution in [0.15, 0.2) is 52.2 Å². The average molecular weight is 402 g/mol. The lowest BCUT2D eigenvalue weighted by molar-refractivity contribution is -0.158. The number of aromatic amines is 1. The number of esters is 1. The lowest BCUT2D eigenvalue weighted by Gasteiger charge is -2.33. The predicted octanol–water partition coefficient (Wildman–Crippen LogP) is 2.14. The van der Waals surface area contributed by atoms with Gasteiger partial charge in [-0.15, -0.1) is 0 Å². The maximum Gasteiger partial charge on any atom is 0.330 e. The van der Waals surface area contributed by atoms with E-state index in [9.17, 15) is 14.4 Å². The molecular formula is C21H26N2O6. The van der Waals surface area contributed by atoms with Crippen molar-refractivity contribution in [2.75, 3.05) is 0 Å². The largest absolute Gasteiger partial charge is 0.455 e. The summed E-state index contributed by atoms with van der Waals surface area (Å²) in [5.41, 5.74) is -0.929. The van der Waals surface area contributed by atoms with Crippen molar-refractivity contribution in [1.82, 2.24) is 9.55 Å². The molecule has 0 aliphatic carbocycles. The van der Waals surface area contributed by atoms with Gasteiger partial charge >= 0.3 is 11.7 Å². The van der Waals surface area contributed by atoms with Gasteiger partial charge in [0.15, 0.2) is 12.3 Å². The van der Waals surface area contributed by atoms with Crippen LogP contribution in [0.5, 0.6) is 0 Å². The Balaban J connectivity index is 1.99. The first kappa shape index (κ1) is 21.0. The molecule has 1 N–H and O–H groups in total. The lowest BCUT2D eigenvalue weighted by Crippen LogP contribution is -2.45. The second-order valence-corrected chi connectivity index (χ2v) is 7.09. The Morgan fingerprint density at radius 3 is 2.45 bits per heavy atom. The topological polar surface area (TPSA) is 99.6 Å². The second-order valence-electron chi connectivity index (χ2n) is 7.09. The van der Waals surface area contributed by atoms with Crippen molar-refractivity contribution in [2.45, 2.75) is 64.3 Å². The summed E-state index contributed by atoms with van der Waals surface area (Å²) >= 11 is 0. The molecule has 156 valence electrons. The number of rotatable bonds is 7. The summed E-state index contributed by atoms with van der Waals surface area (Å²) in [6.45, 7) is 5.54. The number of carbonyl (C=O) groups excluding carboxylic acids is 1. The molecule has 1 unspecified atom stereocenters. The molecule has 8 nitrogen and oxygen atoms in total. The Bertz CT molecular complexity index is 947. The molecule has 1 saturated heterocycles. The number of nitrogens with zero attached hydrogens (tertiary/aromatic N) is 1. The van der Waals surface area contributed by atoms with Crippen LogP contribution in [0, 0.1) is 0 Å². The average Bonchev–Trinajstić information content (AvgIpc) is 3.00. The molecule has 29 heavy (non-hydrogen) atoms. The summed E-state index contributed by atoms with van der Waals surface area (Å²) < 4.78 is 19.4. The normalized spacial score (nSPS) is 23.1. The van der Waals surface area contributed by atoms with E-state index < -0.39 is 41.3 Å². The van der Waals surface area contributed by atoms with Crippen LogP contribution < -0.4 is 11.2 Å². The minimum absolute atomic E-state index is 0.307. The number of H-pyrrole nitrogens is 1. The molecule has 2 aromatic rings. The van der Waals surface area contributed by atoms with Crippen LogP contribution >= 0.6 is 0 Å².